The standard InChI is InChI=1S/C12H13N5O2/c18-10-6-5-9(16-17-10)11(19)15-12-13-7-3-1-2-4-8(7)14-12/h1-4,9,16H,5-6H2,(H,17,18)(H2,13,14,15,19). The molecule has 1 aromatic carbocycles. The fourth-order valence-electron chi connectivity index (χ4n) is 1.99. The van der Waals surface area contributed by atoms with E-state index in [1.54, 1.807) is 0 Å². The molecular formula is C12H13N5O2. The van der Waals surface area contributed by atoms with Crippen molar-refractivity contribution in [1.82, 2.24) is 20.8 Å². The SMILES string of the molecule is O=C1CCC(C(=O)Nc2nc3ccccc3[nH]2)NN1. The quantitative estimate of drug-likeness (QED) is 0.622. The maximum Gasteiger partial charge on any atom is 0.245 e. The number of anilines is 1. The number of H-pyrrole nitrogens is 1. The van der Waals surface area contributed by atoms with Crippen LogP contribution in [0.4, 0.5) is 5.95 Å². The summed E-state index contributed by atoms with van der Waals surface area (Å²) in [5, 5.41) is 2.70. The molecule has 4 N–H and O–H groups in total. The van der Waals surface area contributed by atoms with Gasteiger partial charge in [-0.1, -0.05) is 12.1 Å². The van der Waals surface area contributed by atoms with Crippen LogP contribution < -0.4 is 16.2 Å². The highest BCUT2D eigenvalue weighted by molar-refractivity contribution is 5.95. The Hall–Kier alpha value is -2.41. The number of nitrogens with zero attached hydrogens (tertiary/aromatic N) is 1. The lowest BCUT2D eigenvalue weighted by Gasteiger charge is -2.22. The number of amides is 2. The Bertz CT molecular complexity index is 593. The molecule has 1 aliphatic rings. The molecule has 1 fully saturated rings. The molecule has 0 radical (unpaired) electrons. The molecule has 1 atom stereocenters. The summed E-state index contributed by atoms with van der Waals surface area (Å²) in [7, 11) is 0. The van der Waals surface area contributed by atoms with Crippen molar-refractivity contribution in [1.29, 1.82) is 0 Å². The first-order valence-corrected chi connectivity index (χ1v) is 6.02. The van der Waals surface area contributed by atoms with E-state index in [0.717, 1.165) is 11.0 Å². The number of para-hydroxylation sites is 2. The first kappa shape index (κ1) is 11.7. The van der Waals surface area contributed by atoms with Gasteiger partial charge in [0.2, 0.25) is 17.8 Å². The molecule has 0 aliphatic carbocycles. The lowest BCUT2D eigenvalue weighted by molar-refractivity contribution is -0.126. The molecular weight excluding hydrogens is 246 g/mol. The molecule has 2 heterocycles. The largest absolute Gasteiger partial charge is 0.324 e. The van der Waals surface area contributed by atoms with E-state index in [1.807, 2.05) is 24.3 Å². The molecule has 1 saturated heterocycles. The summed E-state index contributed by atoms with van der Waals surface area (Å²) in [6.45, 7) is 0. The van der Waals surface area contributed by atoms with Crippen molar-refractivity contribution in [3.63, 3.8) is 0 Å². The molecule has 1 unspecified atom stereocenters. The molecule has 2 amide bonds. The van der Waals surface area contributed by atoms with Crippen LogP contribution in [0.25, 0.3) is 11.0 Å². The first-order chi connectivity index (χ1) is 9.22. The Balaban J connectivity index is 1.70. The van der Waals surface area contributed by atoms with Crippen molar-refractivity contribution < 1.29 is 9.59 Å². The number of fused-ring (bicyclic) bond motifs is 1. The normalized spacial score (nSPS) is 19.2. The lowest BCUT2D eigenvalue weighted by atomic mass is 10.1. The van der Waals surface area contributed by atoms with Crippen molar-refractivity contribution in [2.24, 2.45) is 0 Å². The number of rotatable bonds is 2. The third kappa shape index (κ3) is 2.41. The Kier molecular flexibility index (Phi) is 2.88. The molecule has 7 nitrogen and oxygen atoms in total. The van der Waals surface area contributed by atoms with Crippen LogP contribution in [0.5, 0.6) is 0 Å². The van der Waals surface area contributed by atoms with E-state index in [4.69, 9.17) is 0 Å². The Morgan fingerprint density at radius 1 is 1.37 bits per heavy atom. The monoisotopic (exact) mass is 259 g/mol. The van der Waals surface area contributed by atoms with E-state index in [9.17, 15) is 9.59 Å². The minimum Gasteiger partial charge on any atom is -0.324 e. The summed E-state index contributed by atoms with van der Waals surface area (Å²) in [4.78, 5) is 30.2. The van der Waals surface area contributed by atoms with Crippen LogP contribution in [-0.2, 0) is 9.59 Å². The van der Waals surface area contributed by atoms with Gasteiger partial charge in [0, 0.05) is 6.42 Å². The number of hydrogen-bond donors (Lipinski definition) is 4. The molecule has 2 aromatic rings. The van der Waals surface area contributed by atoms with Gasteiger partial charge in [-0.2, -0.15) is 0 Å². The average Bonchev–Trinajstić information content (AvgIpc) is 2.81. The van der Waals surface area contributed by atoms with Gasteiger partial charge in [0.1, 0.15) is 6.04 Å². The summed E-state index contributed by atoms with van der Waals surface area (Å²) in [6, 6.07) is 7.08. The zero-order chi connectivity index (χ0) is 13.2. The van der Waals surface area contributed by atoms with Gasteiger partial charge < -0.3 is 4.98 Å². The zero-order valence-electron chi connectivity index (χ0n) is 10.1. The predicted molar refractivity (Wildman–Crippen MR) is 69.0 cm³/mol. The second-order valence-corrected chi connectivity index (χ2v) is 4.38. The van der Waals surface area contributed by atoms with E-state index in [1.165, 1.54) is 0 Å². The Labute approximate surface area is 108 Å². The van der Waals surface area contributed by atoms with Gasteiger partial charge >= 0.3 is 0 Å². The smallest absolute Gasteiger partial charge is 0.245 e. The van der Waals surface area contributed by atoms with Gasteiger partial charge in [-0.15, -0.1) is 0 Å². The van der Waals surface area contributed by atoms with E-state index in [-0.39, 0.29) is 11.8 Å². The molecule has 1 aromatic heterocycles. The van der Waals surface area contributed by atoms with Gasteiger partial charge in [-0.3, -0.25) is 20.3 Å². The van der Waals surface area contributed by atoms with Crippen molar-refractivity contribution in [2.45, 2.75) is 18.9 Å². The van der Waals surface area contributed by atoms with Crippen molar-refractivity contribution in [2.75, 3.05) is 5.32 Å². The molecule has 98 valence electrons. The van der Waals surface area contributed by atoms with Crippen molar-refractivity contribution in [3.8, 4) is 0 Å². The summed E-state index contributed by atoms with van der Waals surface area (Å²) < 4.78 is 0. The summed E-state index contributed by atoms with van der Waals surface area (Å²) >= 11 is 0. The predicted octanol–water partition coefficient (Wildman–Crippen LogP) is 0.285. The number of benzene rings is 1. The molecule has 3 rings (SSSR count). The van der Waals surface area contributed by atoms with E-state index >= 15 is 0 Å². The molecule has 0 saturated carbocycles. The number of aromatic nitrogens is 2. The number of carbonyl (C=O) groups is 2. The van der Waals surface area contributed by atoms with Crippen LogP contribution in [0.2, 0.25) is 0 Å². The number of carbonyl (C=O) groups excluding carboxylic acids is 2. The third-order valence-corrected chi connectivity index (χ3v) is 2.99. The molecule has 1 aliphatic heterocycles. The second-order valence-electron chi connectivity index (χ2n) is 4.38. The minimum atomic E-state index is -0.439. The lowest BCUT2D eigenvalue weighted by Crippen LogP contribution is -2.54. The zero-order valence-corrected chi connectivity index (χ0v) is 10.1. The van der Waals surface area contributed by atoms with Gasteiger partial charge in [0.15, 0.2) is 0 Å². The van der Waals surface area contributed by atoms with Gasteiger partial charge in [0.05, 0.1) is 11.0 Å². The van der Waals surface area contributed by atoms with Gasteiger partial charge in [0.25, 0.3) is 0 Å². The van der Waals surface area contributed by atoms with Crippen LogP contribution in [0, 0.1) is 0 Å². The Morgan fingerprint density at radius 3 is 2.95 bits per heavy atom. The average molecular weight is 259 g/mol. The van der Waals surface area contributed by atoms with E-state index in [2.05, 4.69) is 26.1 Å². The summed E-state index contributed by atoms with van der Waals surface area (Å²) in [5.74, 6) is 0.0803. The van der Waals surface area contributed by atoms with Crippen LogP contribution in [0.1, 0.15) is 12.8 Å². The number of aromatic amines is 1. The number of nitrogens with one attached hydrogen (secondary N) is 4. The summed E-state index contributed by atoms with van der Waals surface area (Å²) in [6.07, 6.45) is 0.809. The fraction of sp³-hybridized carbons (Fsp3) is 0.250. The molecule has 19 heavy (non-hydrogen) atoms. The number of imidazole rings is 1. The summed E-state index contributed by atoms with van der Waals surface area (Å²) in [5.41, 5.74) is 6.77. The Morgan fingerprint density at radius 2 is 2.21 bits per heavy atom. The van der Waals surface area contributed by atoms with Crippen LogP contribution in [0.3, 0.4) is 0 Å². The van der Waals surface area contributed by atoms with E-state index < -0.39 is 6.04 Å². The molecule has 0 bridgehead atoms. The van der Waals surface area contributed by atoms with Crippen LogP contribution >= 0.6 is 0 Å². The topological polar surface area (TPSA) is 98.9 Å². The van der Waals surface area contributed by atoms with E-state index in [0.29, 0.717) is 18.8 Å². The van der Waals surface area contributed by atoms with Gasteiger partial charge in [-0.05, 0) is 18.6 Å². The third-order valence-electron chi connectivity index (χ3n) is 2.99. The molecule has 0 spiro atoms. The maximum atomic E-state index is 12.0. The highest BCUT2D eigenvalue weighted by atomic mass is 16.2. The van der Waals surface area contributed by atoms with Crippen LogP contribution in [-0.4, -0.2) is 27.8 Å². The van der Waals surface area contributed by atoms with Crippen LogP contribution in [0.15, 0.2) is 24.3 Å². The molecule has 7 heteroatoms. The first-order valence-electron chi connectivity index (χ1n) is 6.02. The second kappa shape index (κ2) is 4.69. The highest BCUT2D eigenvalue weighted by Gasteiger charge is 2.24. The maximum absolute atomic E-state index is 12.0. The highest BCUT2D eigenvalue weighted by Crippen LogP contribution is 2.14. The number of hydrogen-bond acceptors (Lipinski definition) is 4. The van der Waals surface area contributed by atoms with Gasteiger partial charge in [-0.25, -0.2) is 10.4 Å². The fourth-order valence-corrected chi connectivity index (χ4v) is 1.99. The van der Waals surface area contributed by atoms with Crippen molar-refractivity contribution in [3.05, 3.63) is 24.3 Å². The minimum absolute atomic E-state index is 0.104. The van der Waals surface area contributed by atoms with Crippen molar-refractivity contribution >= 4 is 28.8 Å². The number of hydrazine groups is 1.